The van der Waals surface area contributed by atoms with E-state index in [-0.39, 0.29) is 0 Å². The van der Waals surface area contributed by atoms with Crippen LogP contribution in [0, 0.1) is 5.82 Å². The van der Waals surface area contributed by atoms with Crippen molar-refractivity contribution in [2.24, 2.45) is 0 Å². The summed E-state index contributed by atoms with van der Waals surface area (Å²) in [5.74, 6) is -3.16. The van der Waals surface area contributed by atoms with E-state index in [1.807, 2.05) is 0 Å². The summed E-state index contributed by atoms with van der Waals surface area (Å²) >= 11 is 5.16. The highest BCUT2D eigenvalue weighted by molar-refractivity contribution is 6.31. The first-order chi connectivity index (χ1) is 7.23. The molecule has 0 radical (unpaired) electrons. The van der Waals surface area contributed by atoms with E-state index in [2.05, 4.69) is 4.74 Å². The maximum atomic E-state index is 12.9. The van der Waals surface area contributed by atoms with Gasteiger partial charge in [-0.3, -0.25) is 0 Å². The van der Waals surface area contributed by atoms with E-state index < -0.39 is 34.9 Å². The van der Waals surface area contributed by atoms with E-state index in [0.29, 0.717) is 12.1 Å². The zero-order chi connectivity index (χ0) is 12.5. The Morgan fingerprint density at radius 3 is 2.19 bits per heavy atom. The second kappa shape index (κ2) is 4.40. The first-order valence-electron chi connectivity index (χ1n) is 3.73. The molecule has 0 aliphatic carbocycles. The summed E-state index contributed by atoms with van der Waals surface area (Å²) < 4.78 is 77.1. The number of hydrogen-bond acceptors (Lipinski definition) is 1. The molecular weight excluding hydrogens is 262 g/mol. The number of ether oxygens (including phenoxy) is 1. The molecule has 90 valence electrons. The molecular formula is C8H3ClF6O. The molecule has 0 N–H and O–H groups in total. The van der Waals surface area contributed by atoms with Crippen LogP contribution in [-0.2, 0) is 6.18 Å². The standard InChI is InChI=1S/C8H3ClF6O/c9-3-1-2-4(10)6(16-7(11)12)5(3)8(13,14)15/h1-2,7H. The van der Waals surface area contributed by atoms with Crippen LogP contribution < -0.4 is 4.74 Å². The average Bonchev–Trinajstić information content (AvgIpc) is 2.08. The van der Waals surface area contributed by atoms with Gasteiger partial charge in [0.05, 0.1) is 5.02 Å². The third-order valence-corrected chi connectivity index (χ3v) is 1.86. The fourth-order valence-electron chi connectivity index (χ4n) is 1.00. The monoisotopic (exact) mass is 264 g/mol. The van der Waals surface area contributed by atoms with Gasteiger partial charge in [-0.25, -0.2) is 4.39 Å². The van der Waals surface area contributed by atoms with Gasteiger partial charge in [0.1, 0.15) is 5.56 Å². The van der Waals surface area contributed by atoms with Crippen LogP contribution in [0.1, 0.15) is 5.56 Å². The Bertz CT molecular complexity index is 389. The van der Waals surface area contributed by atoms with E-state index >= 15 is 0 Å². The molecule has 1 rings (SSSR count). The molecule has 0 saturated heterocycles. The van der Waals surface area contributed by atoms with Gasteiger partial charge in [0, 0.05) is 0 Å². The van der Waals surface area contributed by atoms with Gasteiger partial charge in [-0.05, 0) is 12.1 Å². The van der Waals surface area contributed by atoms with E-state index in [1.165, 1.54) is 0 Å². The average molecular weight is 265 g/mol. The Hall–Kier alpha value is -1.11. The molecule has 0 aromatic heterocycles. The Kier molecular flexibility index (Phi) is 3.57. The predicted molar refractivity (Wildman–Crippen MR) is 43.0 cm³/mol. The molecule has 8 heteroatoms. The Balaban J connectivity index is 3.37. The van der Waals surface area contributed by atoms with Crippen molar-refractivity contribution in [1.29, 1.82) is 0 Å². The molecule has 0 heterocycles. The van der Waals surface area contributed by atoms with E-state index in [4.69, 9.17) is 11.6 Å². The van der Waals surface area contributed by atoms with Crippen LogP contribution >= 0.6 is 11.6 Å². The van der Waals surface area contributed by atoms with Crippen molar-refractivity contribution in [3.05, 3.63) is 28.5 Å². The maximum absolute atomic E-state index is 12.9. The van der Waals surface area contributed by atoms with Crippen LogP contribution in [0.15, 0.2) is 12.1 Å². The zero-order valence-corrected chi connectivity index (χ0v) is 8.04. The van der Waals surface area contributed by atoms with Crippen LogP contribution in [0.2, 0.25) is 5.02 Å². The van der Waals surface area contributed by atoms with Crippen molar-refractivity contribution in [3.63, 3.8) is 0 Å². The molecule has 0 spiro atoms. The van der Waals surface area contributed by atoms with E-state index in [1.54, 1.807) is 0 Å². The van der Waals surface area contributed by atoms with Crippen molar-refractivity contribution in [1.82, 2.24) is 0 Å². The van der Waals surface area contributed by atoms with Gasteiger partial charge in [-0.15, -0.1) is 0 Å². The number of alkyl halides is 5. The van der Waals surface area contributed by atoms with Gasteiger partial charge in [-0.2, -0.15) is 22.0 Å². The SMILES string of the molecule is Fc1ccc(Cl)c(C(F)(F)F)c1OC(F)F. The van der Waals surface area contributed by atoms with Crippen LogP contribution in [0.4, 0.5) is 26.3 Å². The molecule has 0 saturated carbocycles. The topological polar surface area (TPSA) is 9.23 Å². The molecule has 1 aromatic rings. The highest BCUT2D eigenvalue weighted by atomic mass is 35.5. The highest BCUT2D eigenvalue weighted by Gasteiger charge is 2.39. The smallest absolute Gasteiger partial charge is 0.421 e. The van der Waals surface area contributed by atoms with Gasteiger partial charge in [-0.1, -0.05) is 11.6 Å². The van der Waals surface area contributed by atoms with Gasteiger partial charge in [0.15, 0.2) is 11.6 Å². The number of benzene rings is 1. The van der Waals surface area contributed by atoms with Crippen LogP contribution in [0.3, 0.4) is 0 Å². The zero-order valence-electron chi connectivity index (χ0n) is 7.29. The highest BCUT2D eigenvalue weighted by Crippen LogP contribution is 2.42. The van der Waals surface area contributed by atoms with E-state index in [9.17, 15) is 26.3 Å². The Morgan fingerprint density at radius 2 is 1.75 bits per heavy atom. The lowest BCUT2D eigenvalue weighted by Crippen LogP contribution is -2.13. The van der Waals surface area contributed by atoms with Gasteiger partial charge < -0.3 is 4.74 Å². The number of rotatable bonds is 2. The van der Waals surface area contributed by atoms with Crippen molar-refractivity contribution in [3.8, 4) is 5.75 Å². The minimum absolute atomic E-state index is 0.509. The molecule has 0 amide bonds. The third-order valence-electron chi connectivity index (χ3n) is 1.55. The summed E-state index contributed by atoms with van der Waals surface area (Å²) in [7, 11) is 0. The first kappa shape index (κ1) is 13.0. The van der Waals surface area contributed by atoms with Gasteiger partial charge >= 0.3 is 12.8 Å². The van der Waals surface area contributed by atoms with Crippen LogP contribution in [0.25, 0.3) is 0 Å². The van der Waals surface area contributed by atoms with Crippen molar-refractivity contribution >= 4 is 11.6 Å². The molecule has 0 unspecified atom stereocenters. The largest absolute Gasteiger partial charge is 0.431 e. The lowest BCUT2D eigenvalue weighted by atomic mass is 10.2. The summed E-state index contributed by atoms with van der Waals surface area (Å²) in [6.07, 6.45) is -5.08. The van der Waals surface area contributed by atoms with Crippen LogP contribution in [0.5, 0.6) is 5.75 Å². The fraction of sp³-hybridized carbons (Fsp3) is 0.250. The van der Waals surface area contributed by atoms with Gasteiger partial charge in [0.25, 0.3) is 0 Å². The van der Waals surface area contributed by atoms with Crippen molar-refractivity contribution in [2.45, 2.75) is 12.8 Å². The van der Waals surface area contributed by atoms with Crippen LogP contribution in [-0.4, -0.2) is 6.61 Å². The number of hydrogen-bond donors (Lipinski definition) is 0. The summed E-state index contributed by atoms with van der Waals surface area (Å²) in [6, 6.07) is 1.12. The molecule has 0 fully saturated rings. The maximum Gasteiger partial charge on any atom is 0.421 e. The first-order valence-corrected chi connectivity index (χ1v) is 4.11. The quantitative estimate of drug-likeness (QED) is 0.731. The van der Waals surface area contributed by atoms with Gasteiger partial charge in [0.2, 0.25) is 0 Å². The number of halogens is 7. The third kappa shape index (κ3) is 2.72. The fourth-order valence-corrected chi connectivity index (χ4v) is 1.26. The minimum atomic E-state index is -5.08. The molecule has 0 aliphatic heterocycles. The minimum Gasteiger partial charge on any atom is -0.431 e. The van der Waals surface area contributed by atoms with E-state index in [0.717, 1.165) is 0 Å². The molecule has 1 nitrogen and oxygen atoms in total. The van der Waals surface area contributed by atoms with Crippen molar-refractivity contribution in [2.75, 3.05) is 0 Å². The summed E-state index contributed by atoms with van der Waals surface area (Å²) in [5.41, 5.74) is -1.76. The Morgan fingerprint density at radius 1 is 1.19 bits per heavy atom. The Labute approximate surface area is 90.6 Å². The lowest BCUT2D eigenvalue weighted by molar-refractivity contribution is -0.142. The predicted octanol–water partition coefficient (Wildman–Crippen LogP) is 4.10. The second-order valence-corrected chi connectivity index (χ2v) is 3.02. The summed E-state index contributed by atoms with van der Waals surface area (Å²) in [5, 5.41) is -0.912. The lowest BCUT2D eigenvalue weighted by Gasteiger charge is -2.15. The van der Waals surface area contributed by atoms with Crippen molar-refractivity contribution < 1.29 is 31.1 Å². The molecule has 0 atom stereocenters. The molecule has 16 heavy (non-hydrogen) atoms. The summed E-state index contributed by atoms with van der Waals surface area (Å²) in [4.78, 5) is 0. The second-order valence-electron chi connectivity index (χ2n) is 2.61. The molecule has 0 aliphatic rings. The molecule has 0 bridgehead atoms. The molecule has 1 aromatic carbocycles. The summed E-state index contributed by atoms with van der Waals surface area (Å²) in [6.45, 7) is -3.57. The normalized spacial score (nSPS) is 12.0.